The van der Waals surface area contributed by atoms with Crippen LogP contribution in [0.5, 0.6) is 0 Å². The van der Waals surface area contributed by atoms with Gasteiger partial charge in [-0.2, -0.15) is 0 Å². The van der Waals surface area contributed by atoms with Crippen molar-refractivity contribution in [2.75, 3.05) is 21.1 Å². The first-order chi connectivity index (χ1) is 14.1. The van der Waals surface area contributed by atoms with Crippen LogP contribution in [0, 0.1) is 11.6 Å². The Labute approximate surface area is 173 Å². The Morgan fingerprint density at radius 3 is 1.52 bits per heavy atom. The average molecular weight is 400 g/mol. The van der Waals surface area contributed by atoms with Gasteiger partial charge >= 0.3 is 0 Å². The van der Waals surface area contributed by atoms with Crippen LogP contribution in [0.3, 0.4) is 0 Å². The highest BCUT2D eigenvalue weighted by atomic mass is 19.1. The van der Waals surface area contributed by atoms with Gasteiger partial charge in [0.15, 0.2) is 0 Å². The maximum atomic E-state index is 12.5. The minimum Gasteiger partial charge on any atom is -0.316 e. The van der Waals surface area contributed by atoms with E-state index in [1.807, 2.05) is 45.4 Å². The molecule has 0 heterocycles. The highest BCUT2D eigenvalue weighted by Crippen LogP contribution is 2.02. The lowest BCUT2D eigenvalue weighted by atomic mass is 10.2. The quantitative estimate of drug-likeness (QED) is 0.571. The summed E-state index contributed by atoms with van der Waals surface area (Å²) in [5.74, 6) is -0.354. The molecule has 0 aliphatic carbocycles. The summed E-state index contributed by atoms with van der Waals surface area (Å²) in [7, 11) is 5.65. The Kier molecular flexibility index (Phi) is 12.9. The molecule has 0 radical (unpaired) electrons. The lowest BCUT2D eigenvalue weighted by Crippen LogP contribution is -2.04. The van der Waals surface area contributed by atoms with E-state index in [1.54, 1.807) is 18.2 Å². The number of hydrogen-bond donors (Lipinski definition) is 3. The molecule has 0 saturated heterocycles. The summed E-state index contributed by atoms with van der Waals surface area (Å²) in [6.07, 6.45) is 0. The molecular weight excluding hydrogens is 368 g/mol. The van der Waals surface area contributed by atoms with Crippen molar-refractivity contribution < 1.29 is 8.78 Å². The third-order valence-electron chi connectivity index (χ3n) is 3.79. The van der Waals surface area contributed by atoms with E-state index >= 15 is 0 Å². The van der Waals surface area contributed by atoms with E-state index in [1.165, 1.54) is 29.8 Å². The van der Waals surface area contributed by atoms with Gasteiger partial charge in [-0.25, -0.2) is 8.78 Å². The average Bonchev–Trinajstić information content (AvgIpc) is 2.72. The lowest BCUT2D eigenvalue weighted by Gasteiger charge is -1.97. The molecule has 3 N–H and O–H groups in total. The zero-order valence-electron chi connectivity index (χ0n) is 17.4. The first-order valence-corrected chi connectivity index (χ1v) is 9.55. The smallest absolute Gasteiger partial charge is 0.123 e. The molecule has 3 aromatic rings. The number of halogens is 2. The molecule has 5 heteroatoms. The summed E-state index contributed by atoms with van der Waals surface area (Å²) in [5.41, 5.74) is 3.41. The Morgan fingerprint density at radius 1 is 0.517 bits per heavy atom. The fraction of sp³-hybridized carbons (Fsp3) is 0.250. The summed E-state index contributed by atoms with van der Waals surface area (Å²) >= 11 is 0. The maximum absolute atomic E-state index is 12.5. The van der Waals surface area contributed by atoms with E-state index in [-0.39, 0.29) is 11.6 Å². The molecule has 29 heavy (non-hydrogen) atoms. The maximum Gasteiger partial charge on any atom is 0.123 e. The van der Waals surface area contributed by atoms with Crippen molar-refractivity contribution in [3.05, 3.63) is 107 Å². The highest BCUT2D eigenvalue weighted by Gasteiger charge is 1.91. The molecule has 0 aliphatic heterocycles. The molecule has 156 valence electrons. The molecule has 0 aromatic heterocycles. The first-order valence-electron chi connectivity index (χ1n) is 9.55. The van der Waals surface area contributed by atoms with Gasteiger partial charge in [-0.1, -0.05) is 54.6 Å². The van der Waals surface area contributed by atoms with Crippen molar-refractivity contribution in [3.63, 3.8) is 0 Å². The van der Waals surface area contributed by atoms with Crippen LogP contribution in [-0.4, -0.2) is 21.1 Å². The van der Waals surface area contributed by atoms with Crippen LogP contribution >= 0.6 is 0 Å². The Hall–Kier alpha value is -2.60. The summed E-state index contributed by atoms with van der Waals surface area (Å²) in [6, 6.07) is 23.4. The van der Waals surface area contributed by atoms with Crippen molar-refractivity contribution in [1.29, 1.82) is 0 Å². The van der Waals surface area contributed by atoms with Crippen LogP contribution in [0.1, 0.15) is 16.7 Å². The topological polar surface area (TPSA) is 36.1 Å². The predicted molar refractivity (Wildman–Crippen MR) is 118 cm³/mol. The van der Waals surface area contributed by atoms with E-state index in [9.17, 15) is 8.78 Å². The largest absolute Gasteiger partial charge is 0.316 e. The number of hydrogen-bond acceptors (Lipinski definition) is 3. The van der Waals surface area contributed by atoms with Crippen molar-refractivity contribution >= 4 is 0 Å². The zero-order chi connectivity index (χ0) is 21.3. The van der Waals surface area contributed by atoms with Gasteiger partial charge in [0, 0.05) is 19.6 Å². The van der Waals surface area contributed by atoms with Crippen LogP contribution < -0.4 is 16.0 Å². The minimum atomic E-state index is -0.181. The second-order valence-electron chi connectivity index (χ2n) is 6.33. The van der Waals surface area contributed by atoms with Gasteiger partial charge in [0.1, 0.15) is 11.6 Å². The molecule has 0 unspecified atom stereocenters. The number of nitrogens with one attached hydrogen (secondary N) is 3. The molecule has 3 aromatic carbocycles. The molecule has 0 saturated carbocycles. The number of benzene rings is 3. The van der Waals surface area contributed by atoms with E-state index in [4.69, 9.17) is 0 Å². The van der Waals surface area contributed by atoms with Crippen molar-refractivity contribution in [3.8, 4) is 0 Å². The van der Waals surface area contributed by atoms with Crippen molar-refractivity contribution in [2.24, 2.45) is 0 Å². The van der Waals surface area contributed by atoms with Crippen molar-refractivity contribution in [1.82, 2.24) is 16.0 Å². The monoisotopic (exact) mass is 399 g/mol. The van der Waals surface area contributed by atoms with Gasteiger partial charge < -0.3 is 16.0 Å². The molecule has 0 bridgehead atoms. The van der Waals surface area contributed by atoms with Crippen LogP contribution in [0.2, 0.25) is 0 Å². The van der Waals surface area contributed by atoms with Gasteiger partial charge in [-0.15, -0.1) is 0 Å². The van der Waals surface area contributed by atoms with Crippen LogP contribution in [-0.2, 0) is 19.6 Å². The first kappa shape index (κ1) is 24.4. The Balaban J connectivity index is 0.000000218. The molecule has 3 rings (SSSR count). The van der Waals surface area contributed by atoms with Crippen molar-refractivity contribution in [2.45, 2.75) is 19.6 Å². The minimum absolute atomic E-state index is 0.173. The molecular formula is C24H31F2N3. The van der Waals surface area contributed by atoms with E-state index < -0.39 is 0 Å². The Bertz CT molecular complexity index is 778. The molecule has 3 nitrogen and oxygen atoms in total. The second-order valence-corrected chi connectivity index (χ2v) is 6.33. The van der Waals surface area contributed by atoms with Gasteiger partial charge in [0.05, 0.1) is 0 Å². The lowest BCUT2D eigenvalue weighted by molar-refractivity contribution is 0.623. The second kappa shape index (κ2) is 15.3. The summed E-state index contributed by atoms with van der Waals surface area (Å²) in [5, 5.41) is 9.01. The summed E-state index contributed by atoms with van der Waals surface area (Å²) < 4.78 is 24.8. The molecule has 0 amide bonds. The van der Waals surface area contributed by atoms with Crippen LogP contribution in [0.4, 0.5) is 8.78 Å². The predicted octanol–water partition coefficient (Wildman–Crippen LogP) is 4.50. The fourth-order valence-corrected chi connectivity index (χ4v) is 2.46. The molecule has 0 aliphatic rings. The molecule has 0 spiro atoms. The normalized spacial score (nSPS) is 9.69. The highest BCUT2D eigenvalue weighted by molar-refractivity contribution is 5.16. The van der Waals surface area contributed by atoms with Gasteiger partial charge in [-0.3, -0.25) is 0 Å². The summed E-state index contributed by atoms with van der Waals surface area (Å²) in [6.45, 7) is 2.47. The van der Waals surface area contributed by atoms with Gasteiger partial charge in [0.2, 0.25) is 0 Å². The Morgan fingerprint density at radius 2 is 1.00 bits per heavy atom. The number of rotatable bonds is 6. The standard InChI is InChI=1S/2C8H10FN.C8H11N/c1-10-6-7-2-4-8(9)5-3-7;1-10-6-7-3-2-4-8(9)5-7;1-9-7-8-5-3-2-4-6-8/h2*2-5,10H,6H2,1H3;2-6,9H,7H2,1H3. The van der Waals surface area contributed by atoms with E-state index in [0.717, 1.165) is 30.8 Å². The van der Waals surface area contributed by atoms with Gasteiger partial charge in [-0.05, 0) is 62.1 Å². The SMILES string of the molecule is CNCc1ccc(F)cc1.CNCc1cccc(F)c1.CNCc1ccccc1. The van der Waals surface area contributed by atoms with Crippen LogP contribution in [0.25, 0.3) is 0 Å². The van der Waals surface area contributed by atoms with E-state index in [0.29, 0.717) is 0 Å². The van der Waals surface area contributed by atoms with Crippen LogP contribution in [0.15, 0.2) is 78.9 Å². The summed E-state index contributed by atoms with van der Waals surface area (Å²) in [4.78, 5) is 0. The third-order valence-corrected chi connectivity index (χ3v) is 3.79. The van der Waals surface area contributed by atoms with Gasteiger partial charge in [0.25, 0.3) is 0 Å². The fourth-order valence-electron chi connectivity index (χ4n) is 2.46. The molecule has 0 fully saturated rings. The molecule has 0 atom stereocenters. The zero-order valence-corrected chi connectivity index (χ0v) is 17.4. The third kappa shape index (κ3) is 11.8. The van der Waals surface area contributed by atoms with E-state index in [2.05, 4.69) is 28.1 Å².